The first-order valence-electron chi connectivity index (χ1n) is 7.48. The zero-order valence-electron chi connectivity index (χ0n) is 13.1. The van der Waals surface area contributed by atoms with Crippen molar-refractivity contribution in [1.29, 1.82) is 0 Å². The summed E-state index contributed by atoms with van der Waals surface area (Å²) in [6.07, 6.45) is 1.55. The molecular formula is C17H20O6. The molecule has 1 saturated carbocycles. The Hall–Kier alpha value is -1.92. The molecule has 6 nitrogen and oxygen atoms in total. The van der Waals surface area contributed by atoms with Crippen molar-refractivity contribution < 1.29 is 29.3 Å². The second-order valence-electron chi connectivity index (χ2n) is 6.74. The van der Waals surface area contributed by atoms with E-state index in [0.717, 1.165) is 0 Å². The molecular weight excluding hydrogens is 300 g/mol. The van der Waals surface area contributed by atoms with Gasteiger partial charge in [0, 0.05) is 18.9 Å². The van der Waals surface area contributed by atoms with Crippen molar-refractivity contribution in [1.82, 2.24) is 0 Å². The molecule has 3 rings (SSSR count). The Morgan fingerprint density at radius 1 is 1.39 bits per heavy atom. The Morgan fingerprint density at radius 3 is 2.65 bits per heavy atom. The van der Waals surface area contributed by atoms with Crippen molar-refractivity contribution in [3.63, 3.8) is 0 Å². The summed E-state index contributed by atoms with van der Waals surface area (Å²) in [6, 6.07) is 0. The lowest BCUT2D eigenvalue weighted by Gasteiger charge is -2.38. The molecule has 6 unspecified atom stereocenters. The Bertz CT molecular complexity index is 645. The largest absolute Gasteiger partial charge is 0.461 e. The van der Waals surface area contributed by atoms with Crippen LogP contribution in [0.3, 0.4) is 0 Å². The predicted molar refractivity (Wildman–Crippen MR) is 80.0 cm³/mol. The molecule has 6 heteroatoms. The summed E-state index contributed by atoms with van der Waals surface area (Å²) in [5.41, 5.74) is -2.34. The molecule has 0 aromatic rings. The van der Waals surface area contributed by atoms with E-state index in [0.29, 0.717) is 5.57 Å². The number of hydrogen-bond donors (Lipinski definition) is 2. The van der Waals surface area contributed by atoms with E-state index in [4.69, 9.17) is 9.47 Å². The fourth-order valence-electron chi connectivity index (χ4n) is 4.05. The van der Waals surface area contributed by atoms with Crippen LogP contribution in [-0.4, -0.2) is 45.6 Å². The first kappa shape index (κ1) is 16.0. The van der Waals surface area contributed by atoms with Crippen molar-refractivity contribution in [2.24, 2.45) is 11.8 Å². The smallest absolute Gasteiger partial charge is 0.334 e. The van der Waals surface area contributed by atoms with Crippen molar-refractivity contribution in [3.8, 4) is 0 Å². The summed E-state index contributed by atoms with van der Waals surface area (Å²) >= 11 is 0. The number of rotatable bonds is 1. The van der Waals surface area contributed by atoms with Gasteiger partial charge in [-0.05, 0) is 18.6 Å². The first-order valence-corrected chi connectivity index (χ1v) is 7.48. The van der Waals surface area contributed by atoms with Crippen LogP contribution in [0.1, 0.15) is 20.3 Å². The van der Waals surface area contributed by atoms with Gasteiger partial charge in [0.2, 0.25) is 0 Å². The van der Waals surface area contributed by atoms with Crippen LogP contribution in [0.15, 0.2) is 36.5 Å². The molecule has 6 atom stereocenters. The van der Waals surface area contributed by atoms with Gasteiger partial charge in [0.25, 0.3) is 0 Å². The Kier molecular flexibility index (Phi) is 3.32. The third kappa shape index (κ3) is 2.16. The molecule has 0 amide bonds. The molecule has 2 aliphatic carbocycles. The van der Waals surface area contributed by atoms with Gasteiger partial charge in [-0.25, -0.2) is 4.79 Å². The molecule has 0 aromatic carbocycles. The van der Waals surface area contributed by atoms with Gasteiger partial charge in [0.15, 0.2) is 0 Å². The van der Waals surface area contributed by atoms with Crippen LogP contribution in [0.5, 0.6) is 0 Å². The standard InChI is InChI=1S/C17H20O6/c1-8-7-11(22-10(3)18)12-9(2)15(19)23-13(12)14-16(4,20)5-6-17(8,14)21/h5-6,11-14,20-21H,1-2,7H2,3-4H3. The Balaban J connectivity index is 2.12. The highest BCUT2D eigenvalue weighted by Crippen LogP contribution is 2.53. The second kappa shape index (κ2) is 4.79. The van der Waals surface area contributed by atoms with Crippen LogP contribution in [0, 0.1) is 11.8 Å². The van der Waals surface area contributed by atoms with Gasteiger partial charge in [-0.15, -0.1) is 0 Å². The molecule has 2 N–H and O–H groups in total. The lowest BCUT2D eigenvalue weighted by Crippen LogP contribution is -2.51. The average Bonchev–Trinajstić information content (AvgIpc) is 2.80. The normalized spacial score (nSPS) is 45.3. The minimum atomic E-state index is -1.54. The van der Waals surface area contributed by atoms with Gasteiger partial charge in [-0.1, -0.05) is 19.2 Å². The van der Waals surface area contributed by atoms with Crippen LogP contribution in [0.2, 0.25) is 0 Å². The van der Waals surface area contributed by atoms with E-state index in [2.05, 4.69) is 13.2 Å². The summed E-state index contributed by atoms with van der Waals surface area (Å²) in [5.74, 6) is -2.57. The first-order chi connectivity index (χ1) is 10.6. The monoisotopic (exact) mass is 320 g/mol. The second-order valence-corrected chi connectivity index (χ2v) is 6.74. The zero-order chi connectivity index (χ0) is 17.2. The maximum absolute atomic E-state index is 12.0. The predicted octanol–water partition coefficient (Wildman–Crippen LogP) is 0.644. The molecule has 0 aromatic heterocycles. The van der Waals surface area contributed by atoms with E-state index >= 15 is 0 Å². The van der Waals surface area contributed by atoms with Gasteiger partial charge < -0.3 is 19.7 Å². The number of carbonyl (C=O) groups is 2. The highest BCUT2D eigenvalue weighted by Gasteiger charge is 2.63. The van der Waals surface area contributed by atoms with Crippen molar-refractivity contribution in [2.75, 3.05) is 0 Å². The average molecular weight is 320 g/mol. The highest BCUT2D eigenvalue weighted by atomic mass is 16.6. The molecule has 124 valence electrons. The summed E-state index contributed by atoms with van der Waals surface area (Å²) < 4.78 is 10.7. The van der Waals surface area contributed by atoms with E-state index in [9.17, 15) is 19.8 Å². The maximum Gasteiger partial charge on any atom is 0.334 e. The Labute approximate surface area is 134 Å². The summed E-state index contributed by atoms with van der Waals surface area (Å²) in [6.45, 7) is 10.5. The van der Waals surface area contributed by atoms with E-state index in [1.165, 1.54) is 26.0 Å². The lowest BCUT2D eigenvalue weighted by atomic mass is 9.73. The third-order valence-electron chi connectivity index (χ3n) is 5.10. The number of hydrogen-bond acceptors (Lipinski definition) is 6. The van der Waals surface area contributed by atoms with Gasteiger partial charge in [0.1, 0.15) is 17.8 Å². The number of carbonyl (C=O) groups excluding carboxylic acids is 2. The van der Waals surface area contributed by atoms with Crippen molar-refractivity contribution in [2.45, 2.75) is 43.7 Å². The number of esters is 2. The molecule has 1 saturated heterocycles. The summed E-state index contributed by atoms with van der Waals surface area (Å²) in [7, 11) is 0. The zero-order valence-corrected chi connectivity index (χ0v) is 13.1. The molecule has 3 aliphatic rings. The fraction of sp³-hybridized carbons (Fsp3) is 0.529. The third-order valence-corrected chi connectivity index (χ3v) is 5.10. The van der Waals surface area contributed by atoms with Crippen molar-refractivity contribution in [3.05, 3.63) is 36.5 Å². The van der Waals surface area contributed by atoms with Crippen LogP contribution < -0.4 is 0 Å². The maximum atomic E-state index is 12.0. The number of ether oxygens (including phenoxy) is 2. The van der Waals surface area contributed by atoms with Crippen LogP contribution in [-0.2, 0) is 19.1 Å². The van der Waals surface area contributed by atoms with Gasteiger partial charge >= 0.3 is 11.9 Å². The van der Waals surface area contributed by atoms with Crippen molar-refractivity contribution >= 4 is 11.9 Å². The van der Waals surface area contributed by atoms with Crippen LogP contribution in [0.25, 0.3) is 0 Å². The summed E-state index contributed by atoms with van der Waals surface area (Å²) in [5, 5.41) is 21.7. The lowest BCUT2D eigenvalue weighted by molar-refractivity contribution is -0.155. The molecule has 0 bridgehead atoms. The SMILES string of the molecule is C=C1C(=O)OC2C1C(OC(C)=O)CC(=C)C1(O)C=CC(C)(O)C21. The van der Waals surface area contributed by atoms with E-state index in [-0.39, 0.29) is 12.0 Å². The topological polar surface area (TPSA) is 93.1 Å². The van der Waals surface area contributed by atoms with E-state index in [1.54, 1.807) is 0 Å². The number of fused-ring (bicyclic) bond motifs is 3. The van der Waals surface area contributed by atoms with E-state index in [1.807, 2.05) is 0 Å². The molecule has 2 fully saturated rings. The minimum absolute atomic E-state index is 0.157. The highest BCUT2D eigenvalue weighted by molar-refractivity contribution is 5.91. The molecule has 1 aliphatic heterocycles. The van der Waals surface area contributed by atoms with Crippen LogP contribution >= 0.6 is 0 Å². The molecule has 1 heterocycles. The minimum Gasteiger partial charge on any atom is -0.461 e. The molecule has 23 heavy (non-hydrogen) atoms. The fourth-order valence-corrected chi connectivity index (χ4v) is 4.05. The number of aliphatic hydroxyl groups is 2. The summed E-state index contributed by atoms with van der Waals surface area (Å²) in [4.78, 5) is 23.4. The Morgan fingerprint density at radius 2 is 2.04 bits per heavy atom. The molecule has 0 spiro atoms. The van der Waals surface area contributed by atoms with Gasteiger partial charge in [-0.3, -0.25) is 4.79 Å². The quantitative estimate of drug-likeness (QED) is 0.418. The van der Waals surface area contributed by atoms with Gasteiger partial charge in [-0.2, -0.15) is 0 Å². The molecule has 0 radical (unpaired) electrons. The van der Waals surface area contributed by atoms with Crippen LogP contribution in [0.4, 0.5) is 0 Å². The van der Waals surface area contributed by atoms with E-state index < -0.39 is 47.2 Å². The van der Waals surface area contributed by atoms with Gasteiger partial charge in [0.05, 0.1) is 17.4 Å².